The van der Waals surface area contributed by atoms with Gasteiger partial charge in [-0.05, 0) is 37.7 Å². The van der Waals surface area contributed by atoms with Gasteiger partial charge in [0.1, 0.15) is 0 Å². The lowest BCUT2D eigenvalue weighted by molar-refractivity contribution is -0.141. The van der Waals surface area contributed by atoms with Gasteiger partial charge in [0.05, 0.1) is 17.4 Å². The average Bonchev–Trinajstić information content (AvgIpc) is 2.85. The maximum Gasteiger partial charge on any atom is 0.224 e. The van der Waals surface area contributed by atoms with Gasteiger partial charge in [0.2, 0.25) is 11.8 Å². The minimum Gasteiger partial charge on any atom is -0.393 e. The second kappa shape index (κ2) is 8.99. The van der Waals surface area contributed by atoms with Crippen LogP contribution in [0.4, 0.5) is 0 Å². The first-order valence-corrected chi connectivity index (χ1v) is 9.10. The van der Waals surface area contributed by atoms with Crippen molar-refractivity contribution >= 4 is 11.8 Å². The molecule has 1 fully saturated rings. The molecule has 0 bridgehead atoms. The number of carbonyl (C=O) groups excluding carboxylic acids is 2. The fourth-order valence-electron chi connectivity index (χ4n) is 3.96. The van der Waals surface area contributed by atoms with Crippen molar-refractivity contribution in [3.05, 3.63) is 42.3 Å². The number of primary amides is 2. The number of aliphatic hydroxyl groups excluding tert-OH is 1. The molecular weight excluding hydrogens is 316 g/mol. The summed E-state index contributed by atoms with van der Waals surface area (Å²) < 4.78 is 0. The molecule has 137 valence electrons. The van der Waals surface area contributed by atoms with Crippen molar-refractivity contribution in [2.24, 2.45) is 22.8 Å². The van der Waals surface area contributed by atoms with Crippen LogP contribution in [0.2, 0.25) is 0 Å². The Hall–Kier alpha value is -1.88. The van der Waals surface area contributed by atoms with Crippen LogP contribution in [-0.4, -0.2) is 23.0 Å². The molecule has 1 saturated carbocycles. The van der Waals surface area contributed by atoms with E-state index in [0.717, 1.165) is 31.2 Å². The third-order valence-corrected chi connectivity index (χ3v) is 5.44. The summed E-state index contributed by atoms with van der Waals surface area (Å²) in [4.78, 5) is 24.4. The van der Waals surface area contributed by atoms with Crippen molar-refractivity contribution in [3.8, 4) is 0 Å². The van der Waals surface area contributed by atoms with Crippen molar-refractivity contribution in [3.63, 3.8) is 0 Å². The third kappa shape index (κ3) is 5.05. The van der Waals surface area contributed by atoms with Crippen LogP contribution in [-0.2, 0) is 16.0 Å². The van der Waals surface area contributed by atoms with E-state index in [4.69, 9.17) is 11.5 Å². The van der Waals surface area contributed by atoms with Crippen LogP contribution in [0.5, 0.6) is 0 Å². The molecule has 25 heavy (non-hydrogen) atoms. The van der Waals surface area contributed by atoms with E-state index in [-0.39, 0.29) is 6.42 Å². The first-order valence-electron chi connectivity index (χ1n) is 9.10. The highest BCUT2D eigenvalue weighted by atomic mass is 16.3. The molecule has 2 atom stereocenters. The monoisotopic (exact) mass is 345 g/mol. The molecule has 1 aromatic rings. The molecule has 0 unspecified atom stereocenters. The topological polar surface area (TPSA) is 106 Å². The van der Waals surface area contributed by atoms with Crippen LogP contribution in [0.3, 0.4) is 0 Å². The number of hydrogen-bond acceptors (Lipinski definition) is 3. The minimum atomic E-state index is -0.927. The van der Waals surface area contributed by atoms with Crippen molar-refractivity contribution in [1.29, 1.82) is 0 Å². The number of rotatable bonds is 8. The Morgan fingerprint density at radius 2 is 1.68 bits per heavy atom. The van der Waals surface area contributed by atoms with E-state index in [1.54, 1.807) is 6.42 Å². The van der Waals surface area contributed by atoms with Gasteiger partial charge >= 0.3 is 0 Å². The van der Waals surface area contributed by atoms with Gasteiger partial charge in [0, 0.05) is 0 Å². The zero-order chi connectivity index (χ0) is 18.3. The summed E-state index contributed by atoms with van der Waals surface area (Å²) in [5.41, 5.74) is 11.5. The summed E-state index contributed by atoms with van der Waals surface area (Å²) in [5, 5.41) is 10.4. The van der Waals surface area contributed by atoms with Crippen molar-refractivity contribution in [2.45, 2.75) is 57.5 Å². The van der Waals surface area contributed by atoms with E-state index in [0.29, 0.717) is 19.3 Å². The van der Waals surface area contributed by atoms with Crippen LogP contribution in [0, 0.1) is 17.8 Å². The number of benzene rings is 1. The van der Waals surface area contributed by atoms with E-state index in [9.17, 15) is 14.7 Å². The molecule has 5 N–H and O–H groups in total. The highest BCUT2D eigenvalue weighted by Crippen LogP contribution is 2.43. The maximum atomic E-state index is 12.3. The summed E-state index contributed by atoms with van der Waals surface area (Å²) in [6.45, 7) is 0. The van der Waals surface area contributed by atoms with E-state index >= 15 is 0 Å². The van der Waals surface area contributed by atoms with Crippen LogP contribution < -0.4 is 11.5 Å². The smallest absolute Gasteiger partial charge is 0.224 e. The second-order valence-corrected chi connectivity index (χ2v) is 7.12. The summed E-state index contributed by atoms with van der Waals surface area (Å²) in [7, 11) is 0. The molecule has 0 heterocycles. The van der Waals surface area contributed by atoms with Gasteiger partial charge in [0.25, 0.3) is 0 Å². The number of carbonyl (C=O) groups is 2. The normalized spacial score (nSPS) is 19.6. The van der Waals surface area contributed by atoms with Gasteiger partial charge in [-0.15, -0.1) is 0 Å². The molecule has 1 aliphatic carbocycles. The van der Waals surface area contributed by atoms with Crippen LogP contribution >= 0.6 is 0 Å². The average molecular weight is 345 g/mol. The maximum absolute atomic E-state index is 12.3. The molecule has 5 heteroatoms. The quantitative estimate of drug-likeness (QED) is 0.628. The predicted molar refractivity (Wildman–Crippen MR) is 97.1 cm³/mol. The minimum absolute atomic E-state index is 0.144. The lowest BCUT2D eigenvalue weighted by Crippen LogP contribution is -2.49. The molecule has 0 saturated heterocycles. The Kier molecular flexibility index (Phi) is 7.00. The van der Waals surface area contributed by atoms with Crippen LogP contribution in [0.1, 0.15) is 50.5 Å². The lowest BCUT2D eigenvalue weighted by atomic mass is 9.66. The predicted octanol–water partition coefficient (Wildman–Crippen LogP) is 2.11. The number of nitrogens with two attached hydrogens (primary N) is 2. The summed E-state index contributed by atoms with van der Waals surface area (Å²) >= 11 is 0. The Balaban J connectivity index is 2.07. The standard InChI is InChI=1S/C20H29N2O3/c21-18(24)17(20(19(22)25)12-6-1-2-7-13-20)14-16(23)11-10-15-8-4-3-5-9-15/h3-5,8-9,11,16-17,23H,1-2,6-7,10,12-14H2,(H2,21,24)(H2,22,25)/t16-,17+/m0/s1. The zero-order valence-electron chi connectivity index (χ0n) is 14.7. The molecule has 0 aromatic heterocycles. The van der Waals surface area contributed by atoms with Crippen LogP contribution in [0.15, 0.2) is 30.3 Å². The first kappa shape index (κ1) is 19.4. The first-order chi connectivity index (χ1) is 12.0. The molecule has 0 spiro atoms. The van der Waals surface area contributed by atoms with Gasteiger partial charge in [-0.1, -0.05) is 56.0 Å². The van der Waals surface area contributed by atoms with Crippen molar-refractivity contribution in [2.75, 3.05) is 0 Å². The molecule has 1 aliphatic rings. The van der Waals surface area contributed by atoms with E-state index in [1.165, 1.54) is 0 Å². The molecule has 1 aromatic carbocycles. The molecular formula is C20H29N2O3. The number of aliphatic hydroxyl groups is 1. The zero-order valence-corrected chi connectivity index (χ0v) is 14.7. The Morgan fingerprint density at radius 1 is 1.08 bits per heavy atom. The largest absolute Gasteiger partial charge is 0.393 e. The molecule has 5 nitrogen and oxygen atoms in total. The fourth-order valence-corrected chi connectivity index (χ4v) is 3.96. The highest BCUT2D eigenvalue weighted by molar-refractivity contribution is 5.89. The van der Waals surface area contributed by atoms with Gasteiger partial charge in [-0.3, -0.25) is 9.59 Å². The molecule has 1 radical (unpaired) electrons. The molecule has 0 aliphatic heterocycles. The van der Waals surface area contributed by atoms with Crippen molar-refractivity contribution < 1.29 is 14.7 Å². The van der Waals surface area contributed by atoms with Gasteiger partial charge in [-0.2, -0.15) is 0 Å². The number of amides is 2. The third-order valence-electron chi connectivity index (χ3n) is 5.44. The van der Waals surface area contributed by atoms with Gasteiger partial charge in [-0.25, -0.2) is 0 Å². The Morgan fingerprint density at radius 3 is 2.20 bits per heavy atom. The summed E-state index contributed by atoms with van der Waals surface area (Å²) in [6.07, 6.45) is 6.61. The molecule has 2 rings (SSSR count). The van der Waals surface area contributed by atoms with Crippen LogP contribution in [0.25, 0.3) is 0 Å². The van der Waals surface area contributed by atoms with E-state index < -0.39 is 29.3 Å². The molecule has 2 amide bonds. The Labute approximate surface area is 149 Å². The fraction of sp³-hybridized carbons (Fsp3) is 0.550. The SMILES string of the molecule is NC(=O)[C@@H](C[C@@H](O)[CH]Cc1ccccc1)C1(C(N)=O)CCCCCC1. The van der Waals surface area contributed by atoms with Gasteiger partial charge < -0.3 is 16.6 Å². The second-order valence-electron chi connectivity index (χ2n) is 7.12. The van der Waals surface area contributed by atoms with Crippen molar-refractivity contribution in [1.82, 2.24) is 0 Å². The Bertz CT molecular complexity index is 566. The van der Waals surface area contributed by atoms with E-state index in [1.807, 2.05) is 30.3 Å². The summed E-state index contributed by atoms with van der Waals surface area (Å²) in [6, 6.07) is 9.77. The lowest BCUT2D eigenvalue weighted by Gasteiger charge is -2.36. The highest BCUT2D eigenvalue weighted by Gasteiger charge is 2.47. The van der Waals surface area contributed by atoms with E-state index in [2.05, 4.69) is 0 Å². The summed E-state index contributed by atoms with van der Waals surface area (Å²) in [5.74, 6) is -1.74. The van der Waals surface area contributed by atoms with Gasteiger partial charge in [0.15, 0.2) is 0 Å². The number of hydrogen-bond donors (Lipinski definition) is 3.